The lowest BCUT2D eigenvalue weighted by atomic mass is 9.71. The normalized spacial score (nSPS) is 25.3. The lowest BCUT2D eigenvalue weighted by molar-refractivity contribution is 0.0353. The SMILES string of the molecule is COCC1CN(C)CC12CCN(Cc1cc(C)ccc1C)CC2. The monoisotopic (exact) mass is 316 g/mol. The first kappa shape index (κ1) is 16.9. The second kappa shape index (κ2) is 6.92. The molecule has 2 heterocycles. The van der Waals surface area contributed by atoms with Gasteiger partial charge >= 0.3 is 0 Å². The van der Waals surface area contributed by atoms with E-state index < -0.39 is 0 Å². The molecule has 2 aliphatic rings. The van der Waals surface area contributed by atoms with E-state index in [1.807, 2.05) is 7.11 Å². The van der Waals surface area contributed by atoms with E-state index in [9.17, 15) is 0 Å². The van der Waals surface area contributed by atoms with Crippen molar-refractivity contribution in [2.24, 2.45) is 11.3 Å². The topological polar surface area (TPSA) is 15.7 Å². The number of methoxy groups -OCH3 is 1. The number of ether oxygens (including phenoxy) is 1. The van der Waals surface area contributed by atoms with Crippen molar-refractivity contribution in [1.82, 2.24) is 9.80 Å². The van der Waals surface area contributed by atoms with Crippen molar-refractivity contribution < 1.29 is 4.74 Å². The Balaban J connectivity index is 1.63. The molecule has 0 saturated carbocycles. The van der Waals surface area contributed by atoms with Crippen LogP contribution in [0.25, 0.3) is 0 Å². The molecule has 2 saturated heterocycles. The van der Waals surface area contributed by atoms with Gasteiger partial charge in [-0.15, -0.1) is 0 Å². The largest absolute Gasteiger partial charge is 0.384 e. The number of rotatable bonds is 4. The van der Waals surface area contributed by atoms with Crippen molar-refractivity contribution >= 4 is 0 Å². The van der Waals surface area contributed by atoms with E-state index in [-0.39, 0.29) is 0 Å². The van der Waals surface area contributed by atoms with Crippen molar-refractivity contribution in [3.05, 3.63) is 34.9 Å². The molecule has 1 aromatic rings. The van der Waals surface area contributed by atoms with Crippen molar-refractivity contribution in [2.75, 3.05) is 46.9 Å². The fourth-order valence-electron chi connectivity index (χ4n) is 4.67. The molecule has 0 aliphatic carbocycles. The van der Waals surface area contributed by atoms with E-state index >= 15 is 0 Å². The van der Waals surface area contributed by atoms with Crippen LogP contribution in [-0.4, -0.2) is 56.7 Å². The van der Waals surface area contributed by atoms with Crippen molar-refractivity contribution in [3.63, 3.8) is 0 Å². The number of likely N-dealkylation sites (tertiary alicyclic amines) is 2. The van der Waals surface area contributed by atoms with Crippen LogP contribution in [0, 0.1) is 25.2 Å². The van der Waals surface area contributed by atoms with E-state index in [2.05, 4.69) is 48.9 Å². The van der Waals surface area contributed by atoms with Gasteiger partial charge in [0.25, 0.3) is 0 Å². The third-order valence-corrected chi connectivity index (χ3v) is 6.10. The molecule has 0 aromatic heterocycles. The highest BCUT2D eigenvalue weighted by molar-refractivity contribution is 5.30. The van der Waals surface area contributed by atoms with Crippen molar-refractivity contribution in [2.45, 2.75) is 33.2 Å². The summed E-state index contributed by atoms with van der Waals surface area (Å²) in [4.78, 5) is 5.15. The molecular weight excluding hydrogens is 284 g/mol. The van der Waals surface area contributed by atoms with Crippen LogP contribution < -0.4 is 0 Å². The number of nitrogens with zero attached hydrogens (tertiary/aromatic N) is 2. The van der Waals surface area contributed by atoms with Crippen molar-refractivity contribution in [3.8, 4) is 0 Å². The highest BCUT2D eigenvalue weighted by Gasteiger charge is 2.46. The Morgan fingerprint density at radius 1 is 1.22 bits per heavy atom. The van der Waals surface area contributed by atoms with Gasteiger partial charge in [-0.2, -0.15) is 0 Å². The maximum absolute atomic E-state index is 5.51. The van der Waals surface area contributed by atoms with E-state index in [4.69, 9.17) is 4.74 Å². The number of hydrogen-bond acceptors (Lipinski definition) is 3. The van der Waals surface area contributed by atoms with Gasteiger partial charge < -0.3 is 9.64 Å². The molecule has 2 aliphatic heterocycles. The van der Waals surface area contributed by atoms with Crippen LogP contribution >= 0.6 is 0 Å². The first-order valence-corrected chi connectivity index (χ1v) is 8.98. The molecule has 128 valence electrons. The molecule has 1 unspecified atom stereocenters. The van der Waals surface area contributed by atoms with Gasteiger partial charge in [0.05, 0.1) is 6.61 Å². The molecule has 0 N–H and O–H groups in total. The van der Waals surface area contributed by atoms with Gasteiger partial charge in [-0.3, -0.25) is 4.90 Å². The van der Waals surface area contributed by atoms with Crippen LogP contribution in [0.15, 0.2) is 18.2 Å². The minimum atomic E-state index is 0.489. The average molecular weight is 316 g/mol. The zero-order valence-electron chi connectivity index (χ0n) is 15.3. The molecular formula is C20H32N2O. The van der Waals surface area contributed by atoms with Crippen LogP contribution in [0.1, 0.15) is 29.5 Å². The van der Waals surface area contributed by atoms with Gasteiger partial charge in [0.1, 0.15) is 0 Å². The second-order valence-electron chi connectivity index (χ2n) is 7.92. The lowest BCUT2D eigenvalue weighted by Gasteiger charge is -2.42. The van der Waals surface area contributed by atoms with E-state index in [1.165, 1.54) is 55.7 Å². The van der Waals surface area contributed by atoms with Gasteiger partial charge in [-0.05, 0) is 63.4 Å². The summed E-state index contributed by atoms with van der Waals surface area (Å²) in [6, 6.07) is 6.83. The van der Waals surface area contributed by atoms with Crippen LogP contribution in [0.4, 0.5) is 0 Å². The summed E-state index contributed by atoms with van der Waals surface area (Å²) in [7, 11) is 4.11. The van der Waals surface area contributed by atoms with E-state index in [1.54, 1.807) is 0 Å². The Morgan fingerprint density at radius 3 is 2.65 bits per heavy atom. The van der Waals surface area contributed by atoms with Gasteiger partial charge in [0, 0.05) is 32.7 Å². The summed E-state index contributed by atoms with van der Waals surface area (Å²) >= 11 is 0. The summed E-state index contributed by atoms with van der Waals surface area (Å²) in [6.07, 6.45) is 2.63. The molecule has 1 spiro atoms. The smallest absolute Gasteiger partial charge is 0.0508 e. The lowest BCUT2D eigenvalue weighted by Crippen LogP contribution is -2.44. The molecule has 23 heavy (non-hydrogen) atoms. The predicted molar refractivity (Wildman–Crippen MR) is 95.7 cm³/mol. The van der Waals surface area contributed by atoms with Gasteiger partial charge in [-0.1, -0.05) is 23.8 Å². The molecule has 1 atom stereocenters. The maximum atomic E-state index is 5.51. The summed E-state index contributed by atoms with van der Waals surface area (Å²) in [6.45, 7) is 11.3. The average Bonchev–Trinajstić information content (AvgIpc) is 2.81. The van der Waals surface area contributed by atoms with E-state index in [0.29, 0.717) is 11.3 Å². The Bertz CT molecular complexity index is 534. The van der Waals surface area contributed by atoms with Crippen LogP contribution in [-0.2, 0) is 11.3 Å². The summed E-state index contributed by atoms with van der Waals surface area (Å²) in [5.74, 6) is 0.709. The molecule has 0 amide bonds. The highest BCUT2D eigenvalue weighted by atomic mass is 16.5. The molecule has 2 fully saturated rings. The Kier molecular flexibility index (Phi) is 5.10. The molecule has 1 aromatic carbocycles. The summed E-state index contributed by atoms with van der Waals surface area (Å²) in [5, 5.41) is 0. The van der Waals surface area contributed by atoms with Gasteiger partial charge in [-0.25, -0.2) is 0 Å². The third-order valence-electron chi connectivity index (χ3n) is 6.10. The molecule has 3 rings (SSSR count). The summed E-state index contributed by atoms with van der Waals surface area (Å²) in [5.41, 5.74) is 4.78. The maximum Gasteiger partial charge on any atom is 0.0508 e. The van der Waals surface area contributed by atoms with Crippen molar-refractivity contribution in [1.29, 1.82) is 0 Å². The summed E-state index contributed by atoms with van der Waals surface area (Å²) < 4.78 is 5.51. The van der Waals surface area contributed by atoms with Crippen LogP contribution in [0.2, 0.25) is 0 Å². The van der Waals surface area contributed by atoms with Crippen LogP contribution in [0.5, 0.6) is 0 Å². The highest BCUT2D eigenvalue weighted by Crippen LogP contribution is 2.44. The fourth-order valence-corrected chi connectivity index (χ4v) is 4.67. The molecule has 0 radical (unpaired) electrons. The standard InChI is InChI=1S/C20H32N2O/c1-16-5-6-17(2)18(11-16)12-22-9-7-20(8-10-22)15-21(3)13-19(20)14-23-4/h5-6,11,19H,7-10,12-15H2,1-4H3. The molecule has 3 heteroatoms. The Labute approximate surface area is 141 Å². The third kappa shape index (κ3) is 3.62. The van der Waals surface area contributed by atoms with Crippen LogP contribution in [0.3, 0.4) is 0 Å². The predicted octanol–water partition coefficient (Wildman–Crippen LogP) is 3.09. The Morgan fingerprint density at radius 2 is 1.96 bits per heavy atom. The first-order chi connectivity index (χ1) is 11.0. The fraction of sp³-hybridized carbons (Fsp3) is 0.700. The molecule has 0 bridgehead atoms. The molecule has 3 nitrogen and oxygen atoms in total. The number of benzene rings is 1. The number of hydrogen-bond donors (Lipinski definition) is 0. The Hall–Kier alpha value is -0.900. The zero-order chi connectivity index (χ0) is 16.4. The van der Waals surface area contributed by atoms with Gasteiger partial charge in [0.2, 0.25) is 0 Å². The first-order valence-electron chi connectivity index (χ1n) is 8.98. The minimum Gasteiger partial charge on any atom is -0.384 e. The number of aryl methyl sites for hydroxylation is 2. The zero-order valence-corrected chi connectivity index (χ0v) is 15.3. The quantitative estimate of drug-likeness (QED) is 0.849. The van der Waals surface area contributed by atoms with Gasteiger partial charge in [0.15, 0.2) is 0 Å². The second-order valence-corrected chi connectivity index (χ2v) is 7.92. The number of piperidine rings is 1. The minimum absolute atomic E-state index is 0.489. The van der Waals surface area contributed by atoms with E-state index in [0.717, 1.165) is 13.2 Å².